The molecule has 60 valence electrons. The van der Waals surface area contributed by atoms with Crippen LogP contribution in [0.15, 0.2) is 6.33 Å². The minimum Gasteiger partial charge on any atom is -0.382 e. The number of imidazole rings is 1. The SMILES string of the molecule is CCn1cnc(N)c1C(N)=O. The number of hydrogen-bond donors (Lipinski definition) is 2. The number of hydrogen-bond acceptors (Lipinski definition) is 3. The average molecular weight is 154 g/mol. The second-order valence-electron chi connectivity index (χ2n) is 2.13. The van der Waals surface area contributed by atoms with Crippen LogP contribution in [-0.4, -0.2) is 15.5 Å². The van der Waals surface area contributed by atoms with Crippen molar-refractivity contribution in [1.82, 2.24) is 9.55 Å². The summed E-state index contributed by atoms with van der Waals surface area (Å²) in [7, 11) is 0. The molecule has 1 aromatic heterocycles. The highest BCUT2D eigenvalue weighted by atomic mass is 16.1. The lowest BCUT2D eigenvalue weighted by molar-refractivity contribution is 0.0992. The summed E-state index contributed by atoms with van der Waals surface area (Å²) < 4.78 is 1.61. The quantitative estimate of drug-likeness (QED) is 0.606. The lowest BCUT2D eigenvalue weighted by atomic mass is 10.4. The number of amides is 1. The first-order chi connectivity index (χ1) is 5.16. The van der Waals surface area contributed by atoms with Crippen molar-refractivity contribution in [2.75, 3.05) is 5.73 Å². The Hall–Kier alpha value is -1.52. The molecule has 1 amide bonds. The summed E-state index contributed by atoms with van der Waals surface area (Å²) in [6, 6.07) is 0. The van der Waals surface area contributed by atoms with Gasteiger partial charge in [-0.3, -0.25) is 4.79 Å². The first-order valence-corrected chi connectivity index (χ1v) is 3.27. The lowest BCUT2D eigenvalue weighted by Gasteiger charge is -1.99. The number of nitrogens with two attached hydrogens (primary N) is 2. The second-order valence-corrected chi connectivity index (χ2v) is 2.13. The first-order valence-electron chi connectivity index (χ1n) is 3.27. The fourth-order valence-electron chi connectivity index (χ4n) is 0.905. The van der Waals surface area contributed by atoms with Crippen LogP contribution in [0.3, 0.4) is 0 Å². The van der Waals surface area contributed by atoms with Crippen molar-refractivity contribution in [3.8, 4) is 0 Å². The highest BCUT2D eigenvalue weighted by Crippen LogP contribution is 2.07. The highest BCUT2D eigenvalue weighted by Gasteiger charge is 2.11. The van der Waals surface area contributed by atoms with E-state index in [0.717, 1.165) is 0 Å². The summed E-state index contributed by atoms with van der Waals surface area (Å²) in [6.45, 7) is 2.52. The van der Waals surface area contributed by atoms with Crippen molar-refractivity contribution >= 4 is 11.7 Å². The zero-order valence-electron chi connectivity index (χ0n) is 6.24. The lowest BCUT2D eigenvalue weighted by Crippen LogP contribution is -2.17. The van der Waals surface area contributed by atoms with Gasteiger partial charge in [-0.1, -0.05) is 0 Å². The van der Waals surface area contributed by atoms with Crippen molar-refractivity contribution in [2.45, 2.75) is 13.5 Å². The fourth-order valence-corrected chi connectivity index (χ4v) is 0.905. The van der Waals surface area contributed by atoms with Crippen molar-refractivity contribution < 1.29 is 4.79 Å². The van der Waals surface area contributed by atoms with E-state index in [4.69, 9.17) is 11.5 Å². The maximum absolute atomic E-state index is 10.7. The maximum atomic E-state index is 10.7. The van der Waals surface area contributed by atoms with Crippen LogP contribution in [0.4, 0.5) is 5.82 Å². The Balaban J connectivity index is 3.17. The molecule has 5 nitrogen and oxygen atoms in total. The second kappa shape index (κ2) is 2.61. The zero-order chi connectivity index (χ0) is 8.43. The smallest absolute Gasteiger partial charge is 0.269 e. The normalized spacial score (nSPS) is 9.91. The molecule has 1 aromatic rings. The van der Waals surface area contributed by atoms with Gasteiger partial charge in [0, 0.05) is 6.54 Å². The summed E-state index contributed by atoms with van der Waals surface area (Å²) >= 11 is 0. The molecular formula is C6H10N4O. The predicted octanol–water partition coefficient (Wildman–Crippen LogP) is -0.416. The fraction of sp³-hybridized carbons (Fsp3) is 0.333. The third kappa shape index (κ3) is 1.17. The number of nitrogen functional groups attached to an aromatic ring is 1. The van der Waals surface area contributed by atoms with Crippen LogP contribution < -0.4 is 11.5 Å². The van der Waals surface area contributed by atoms with E-state index >= 15 is 0 Å². The van der Waals surface area contributed by atoms with Crippen LogP contribution in [0.2, 0.25) is 0 Å². The largest absolute Gasteiger partial charge is 0.382 e. The summed E-state index contributed by atoms with van der Waals surface area (Å²) in [5.74, 6) is -0.346. The molecule has 0 saturated heterocycles. The van der Waals surface area contributed by atoms with Crippen LogP contribution in [0, 0.1) is 0 Å². The van der Waals surface area contributed by atoms with Crippen LogP contribution >= 0.6 is 0 Å². The van der Waals surface area contributed by atoms with Crippen molar-refractivity contribution in [3.63, 3.8) is 0 Å². The van der Waals surface area contributed by atoms with E-state index in [2.05, 4.69) is 4.98 Å². The molecule has 11 heavy (non-hydrogen) atoms. The predicted molar refractivity (Wildman–Crippen MR) is 40.8 cm³/mol. The van der Waals surface area contributed by atoms with Crippen molar-refractivity contribution in [2.24, 2.45) is 5.73 Å². The highest BCUT2D eigenvalue weighted by molar-refractivity contribution is 5.95. The van der Waals surface area contributed by atoms with Gasteiger partial charge in [-0.15, -0.1) is 0 Å². The Morgan fingerprint density at radius 3 is 2.82 bits per heavy atom. The van der Waals surface area contributed by atoms with Gasteiger partial charge in [0.05, 0.1) is 6.33 Å². The number of anilines is 1. The van der Waals surface area contributed by atoms with Crippen LogP contribution in [-0.2, 0) is 6.54 Å². The third-order valence-electron chi connectivity index (χ3n) is 1.44. The van der Waals surface area contributed by atoms with Gasteiger partial charge in [-0.05, 0) is 6.92 Å². The molecule has 0 saturated carbocycles. The molecule has 0 aliphatic rings. The molecule has 4 N–H and O–H groups in total. The van der Waals surface area contributed by atoms with Crippen molar-refractivity contribution in [3.05, 3.63) is 12.0 Å². The number of nitrogens with zero attached hydrogens (tertiary/aromatic N) is 2. The van der Waals surface area contributed by atoms with E-state index < -0.39 is 5.91 Å². The van der Waals surface area contributed by atoms with E-state index in [1.807, 2.05) is 6.92 Å². The third-order valence-corrected chi connectivity index (χ3v) is 1.44. The molecule has 1 rings (SSSR count). The number of carbonyl (C=O) groups excluding carboxylic acids is 1. The molecule has 0 radical (unpaired) electrons. The molecule has 5 heteroatoms. The molecular weight excluding hydrogens is 144 g/mol. The minimum absolute atomic E-state index is 0.194. The molecule has 0 unspecified atom stereocenters. The van der Waals surface area contributed by atoms with E-state index in [1.165, 1.54) is 6.33 Å². The summed E-state index contributed by atoms with van der Waals surface area (Å²) in [4.78, 5) is 14.5. The summed E-state index contributed by atoms with van der Waals surface area (Å²) in [5, 5.41) is 0. The van der Waals surface area contributed by atoms with Gasteiger partial charge in [0.25, 0.3) is 5.91 Å². The Morgan fingerprint density at radius 2 is 2.45 bits per heavy atom. The summed E-state index contributed by atoms with van der Waals surface area (Å²) in [6.07, 6.45) is 1.50. The number of aromatic nitrogens is 2. The van der Waals surface area contributed by atoms with Gasteiger partial charge in [0.15, 0.2) is 11.5 Å². The number of rotatable bonds is 2. The Morgan fingerprint density at radius 1 is 1.82 bits per heavy atom. The molecule has 1 heterocycles. The molecule has 0 atom stereocenters. The van der Waals surface area contributed by atoms with Crippen LogP contribution in [0.5, 0.6) is 0 Å². The topological polar surface area (TPSA) is 86.9 Å². The van der Waals surface area contributed by atoms with E-state index in [-0.39, 0.29) is 11.5 Å². The molecule has 0 bridgehead atoms. The zero-order valence-corrected chi connectivity index (χ0v) is 6.24. The average Bonchev–Trinajstić information content (AvgIpc) is 2.30. The summed E-state index contributed by atoms with van der Waals surface area (Å²) in [5.41, 5.74) is 10.7. The van der Waals surface area contributed by atoms with Crippen LogP contribution in [0.25, 0.3) is 0 Å². The van der Waals surface area contributed by atoms with Gasteiger partial charge in [0.2, 0.25) is 0 Å². The van der Waals surface area contributed by atoms with Gasteiger partial charge in [0.1, 0.15) is 0 Å². The first kappa shape index (κ1) is 7.59. The van der Waals surface area contributed by atoms with Gasteiger partial charge < -0.3 is 16.0 Å². The molecule has 0 aliphatic carbocycles. The van der Waals surface area contributed by atoms with E-state index in [1.54, 1.807) is 4.57 Å². The minimum atomic E-state index is -0.540. The molecule has 0 spiro atoms. The number of aryl methyl sites for hydroxylation is 1. The van der Waals surface area contributed by atoms with Gasteiger partial charge in [-0.25, -0.2) is 4.98 Å². The van der Waals surface area contributed by atoms with Gasteiger partial charge in [-0.2, -0.15) is 0 Å². The molecule has 0 aliphatic heterocycles. The number of carbonyl (C=O) groups is 1. The Labute approximate surface area is 64.0 Å². The monoisotopic (exact) mass is 154 g/mol. The Bertz CT molecular complexity index is 278. The number of primary amides is 1. The standard InChI is InChI=1S/C6H10N4O/c1-2-10-3-9-5(7)4(10)6(8)11/h3H,2,7H2,1H3,(H2,8,11). The Kier molecular flexibility index (Phi) is 1.80. The maximum Gasteiger partial charge on any atom is 0.269 e. The van der Waals surface area contributed by atoms with Crippen LogP contribution in [0.1, 0.15) is 17.4 Å². The van der Waals surface area contributed by atoms with E-state index in [9.17, 15) is 4.79 Å². The van der Waals surface area contributed by atoms with E-state index in [0.29, 0.717) is 6.54 Å². The van der Waals surface area contributed by atoms with Gasteiger partial charge >= 0.3 is 0 Å². The molecule has 0 aromatic carbocycles. The van der Waals surface area contributed by atoms with Crippen molar-refractivity contribution in [1.29, 1.82) is 0 Å². The molecule has 0 fully saturated rings.